The van der Waals surface area contributed by atoms with Crippen molar-refractivity contribution in [1.29, 1.82) is 0 Å². The van der Waals surface area contributed by atoms with Crippen LogP contribution >= 0.6 is 0 Å². The Balaban J connectivity index is 1.82. The fourth-order valence-electron chi connectivity index (χ4n) is 3.49. The Morgan fingerprint density at radius 2 is 2.05 bits per heavy atom. The molecule has 5 heteroatoms. The Labute approximate surface area is 127 Å². The zero-order chi connectivity index (χ0) is 14.7. The van der Waals surface area contributed by atoms with Gasteiger partial charge in [0.15, 0.2) is 0 Å². The van der Waals surface area contributed by atoms with E-state index in [1.165, 1.54) is 32.4 Å². The van der Waals surface area contributed by atoms with Crippen LogP contribution in [-0.4, -0.2) is 53.6 Å². The topological polar surface area (TPSA) is 44.3 Å². The molecule has 3 rings (SSSR count). The van der Waals surface area contributed by atoms with Gasteiger partial charge in [-0.05, 0) is 32.7 Å². The van der Waals surface area contributed by atoms with Crippen molar-refractivity contribution in [3.8, 4) is 0 Å². The summed E-state index contributed by atoms with van der Waals surface area (Å²) in [6, 6.07) is 2.84. The van der Waals surface area contributed by atoms with Gasteiger partial charge in [0.1, 0.15) is 17.5 Å². The van der Waals surface area contributed by atoms with Gasteiger partial charge in [-0.3, -0.25) is 4.90 Å². The van der Waals surface area contributed by atoms with Crippen molar-refractivity contribution in [3.63, 3.8) is 0 Å². The van der Waals surface area contributed by atoms with Crippen LogP contribution in [-0.2, 0) is 6.42 Å². The molecule has 2 fully saturated rings. The quantitative estimate of drug-likeness (QED) is 0.920. The van der Waals surface area contributed by atoms with Gasteiger partial charge in [0.25, 0.3) is 0 Å². The van der Waals surface area contributed by atoms with Crippen LogP contribution in [0.25, 0.3) is 0 Å². The zero-order valence-corrected chi connectivity index (χ0v) is 13.3. The van der Waals surface area contributed by atoms with Gasteiger partial charge in [-0.25, -0.2) is 9.97 Å². The van der Waals surface area contributed by atoms with Crippen LogP contribution in [0.4, 0.5) is 11.6 Å². The first-order valence-electron chi connectivity index (χ1n) is 8.41. The first kappa shape index (κ1) is 14.6. The van der Waals surface area contributed by atoms with Crippen molar-refractivity contribution in [2.24, 2.45) is 0 Å². The third kappa shape index (κ3) is 3.28. The van der Waals surface area contributed by atoms with Gasteiger partial charge in [-0.2, -0.15) is 0 Å². The van der Waals surface area contributed by atoms with Gasteiger partial charge >= 0.3 is 0 Å². The molecule has 0 spiro atoms. The lowest BCUT2D eigenvalue weighted by Crippen LogP contribution is -2.37. The number of nitrogens with zero attached hydrogens (tertiary/aromatic N) is 4. The molecule has 3 heterocycles. The maximum atomic E-state index is 4.77. The molecule has 116 valence electrons. The van der Waals surface area contributed by atoms with Crippen LogP contribution < -0.4 is 10.2 Å². The summed E-state index contributed by atoms with van der Waals surface area (Å²) in [7, 11) is 0. The van der Waals surface area contributed by atoms with E-state index in [0.29, 0.717) is 0 Å². The highest BCUT2D eigenvalue weighted by Gasteiger charge is 2.29. The molecule has 2 saturated heterocycles. The molecule has 2 aliphatic rings. The van der Waals surface area contributed by atoms with E-state index in [9.17, 15) is 0 Å². The summed E-state index contributed by atoms with van der Waals surface area (Å²) >= 11 is 0. The Kier molecular flexibility index (Phi) is 4.58. The van der Waals surface area contributed by atoms with Crippen LogP contribution in [0.5, 0.6) is 0 Å². The molecule has 1 aromatic heterocycles. The van der Waals surface area contributed by atoms with Gasteiger partial charge in [-0.15, -0.1) is 0 Å². The minimum atomic E-state index is 0.718. The summed E-state index contributed by atoms with van der Waals surface area (Å²) in [6.07, 6.45) is 4.81. The van der Waals surface area contributed by atoms with Crippen molar-refractivity contribution < 1.29 is 0 Å². The number of rotatable bonds is 4. The molecule has 1 atom stereocenters. The van der Waals surface area contributed by atoms with Crippen molar-refractivity contribution in [2.75, 3.05) is 42.9 Å². The van der Waals surface area contributed by atoms with Crippen molar-refractivity contribution in [2.45, 2.75) is 45.6 Å². The Hall–Kier alpha value is -1.36. The van der Waals surface area contributed by atoms with Crippen molar-refractivity contribution in [3.05, 3.63) is 11.9 Å². The number of hydrogen-bond acceptors (Lipinski definition) is 5. The van der Waals surface area contributed by atoms with E-state index in [1.807, 2.05) is 0 Å². The second kappa shape index (κ2) is 6.60. The highest BCUT2D eigenvalue weighted by atomic mass is 15.3. The van der Waals surface area contributed by atoms with Crippen LogP contribution in [0.3, 0.4) is 0 Å². The van der Waals surface area contributed by atoms with Crippen molar-refractivity contribution in [1.82, 2.24) is 14.9 Å². The SMILES string of the molecule is CCNc1cc(N2CCCN3CCCC3C2)nc(CC)n1. The maximum absolute atomic E-state index is 4.77. The van der Waals surface area contributed by atoms with E-state index in [2.05, 4.69) is 40.0 Å². The summed E-state index contributed by atoms with van der Waals surface area (Å²) in [5, 5.41) is 3.34. The smallest absolute Gasteiger partial charge is 0.134 e. The van der Waals surface area contributed by atoms with E-state index in [0.717, 1.165) is 49.6 Å². The molecule has 1 unspecified atom stereocenters. The van der Waals surface area contributed by atoms with E-state index >= 15 is 0 Å². The first-order chi connectivity index (χ1) is 10.3. The van der Waals surface area contributed by atoms with E-state index in [4.69, 9.17) is 4.98 Å². The molecule has 0 aromatic carbocycles. The van der Waals surface area contributed by atoms with E-state index in [-0.39, 0.29) is 0 Å². The van der Waals surface area contributed by atoms with E-state index < -0.39 is 0 Å². The minimum absolute atomic E-state index is 0.718. The molecule has 0 amide bonds. The summed E-state index contributed by atoms with van der Waals surface area (Å²) in [4.78, 5) is 14.5. The lowest BCUT2D eigenvalue weighted by atomic mass is 10.2. The van der Waals surface area contributed by atoms with Gasteiger partial charge in [-0.1, -0.05) is 6.92 Å². The summed E-state index contributed by atoms with van der Waals surface area (Å²) in [6.45, 7) is 9.88. The highest BCUT2D eigenvalue weighted by Crippen LogP contribution is 2.25. The van der Waals surface area contributed by atoms with Crippen LogP contribution in [0, 0.1) is 0 Å². The number of aryl methyl sites for hydroxylation is 1. The van der Waals surface area contributed by atoms with Gasteiger partial charge in [0.05, 0.1) is 0 Å². The third-order valence-corrected chi connectivity index (χ3v) is 4.56. The normalized spacial score (nSPS) is 23.0. The first-order valence-corrected chi connectivity index (χ1v) is 8.41. The van der Waals surface area contributed by atoms with Crippen LogP contribution in [0.15, 0.2) is 6.07 Å². The van der Waals surface area contributed by atoms with Gasteiger partial charge in [0.2, 0.25) is 0 Å². The molecule has 1 N–H and O–H groups in total. The summed E-state index contributed by atoms with van der Waals surface area (Å²) in [5.41, 5.74) is 0. The number of fused-ring (bicyclic) bond motifs is 1. The molecule has 1 aromatic rings. The number of hydrogen-bond donors (Lipinski definition) is 1. The van der Waals surface area contributed by atoms with Crippen LogP contribution in [0.1, 0.15) is 38.9 Å². The molecule has 2 aliphatic heterocycles. The van der Waals surface area contributed by atoms with Crippen molar-refractivity contribution >= 4 is 11.6 Å². The molecule has 21 heavy (non-hydrogen) atoms. The largest absolute Gasteiger partial charge is 0.370 e. The lowest BCUT2D eigenvalue weighted by molar-refractivity contribution is 0.273. The second-order valence-electron chi connectivity index (χ2n) is 6.04. The average Bonchev–Trinajstić information content (AvgIpc) is 2.84. The Morgan fingerprint density at radius 3 is 2.86 bits per heavy atom. The Bertz CT molecular complexity index is 476. The monoisotopic (exact) mass is 289 g/mol. The standard InChI is InChI=1S/C16H27N5/c1-3-14-18-15(17-4-2)11-16(19-14)21-10-6-9-20-8-5-7-13(20)12-21/h11,13H,3-10,12H2,1-2H3,(H,17,18,19). The third-order valence-electron chi connectivity index (χ3n) is 4.56. The molecule has 0 radical (unpaired) electrons. The van der Waals surface area contributed by atoms with Gasteiger partial charge in [0, 0.05) is 44.7 Å². The average molecular weight is 289 g/mol. The molecule has 5 nitrogen and oxygen atoms in total. The fourth-order valence-corrected chi connectivity index (χ4v) is 3.49. The molecule has 0 saturated carbocycles. The second-order valence-corrected chi connectivity index (χ2v) is 6.04. The fraction of sp³-hybridized carbons (Fsp3) is 0.750. The minimum Gasteiger partial charge on any atom is -0.370 e. The highest BCUT2D eigenvalue weighted by molar-refractivity contribution is 5.49. The maximum Gasteiger partial charge on any atom is 0.134 e. The molecule has 0 aliphatic carbocycles. The number of aromatic nitrogens is 2. The van der Waals surface area contributed by atoms with E-state index in [1.54, 1.807) is 0 Å². The molecular weight excluding hydrogens is 262 g/mol. The lowest BCUT2D eigenvalue weighted by Gasteiger charge is -2.27. The zero-order valence-electron chi connectivity index (χ0n) is 13.3. The number of nitrogens with one attached hydrogen (secondary N) is 1. The molecule has 0 bridgehead atoms. The Morgan fingerprint density at radius 1 is 1.19 bits per heavy atom. The molecular formula is C16H27N5. The predicted octanol–water partition coefficient (Wildman–Crippen LogP) is 2.15. The van der Waals surface area contributed by atoms with Gasteiger partial charge < -0.3 is 10.2 Å². The number of anilines is 2. The summed E-state index contributed by atoms with van der Waals surface area (Å²) in [5.74, 6) is 3.01. The summed E-state index contributed by atoms with van der Waals surface area (Å²) < 4.78 is 0. The van der Waals surface area contributed by atoms with Crippen LogP contribution in [0.2, 0.25) is 0 Å². The predicted molar refractivity (Wildman–Crippen MR) is 87.0 cm³/mol.